The normalized spacial score (nSPS) is 18.4. The Kier molecular flexibility index (Phi) is 7.94. The zero-order valence-electron chi connectivity index (χ0n) is 18.8. The number of piperazine rings is 1. The van der Waals surface area contributed by atoms with Gasteiger partial charge in [-0.2, -0.15) is 0 Å². The number of nitrogens with zero attached hydrogens (tertiary/aromatic N) is 3. The molecule has 2 saturated heterocycles. The number of amides is 1. The van der Waals surface area contributed by atoms with E-state index in [0.717, 1.165) is 57.8 Å². The van der Waals surface area contributed by atoms with Gasteiger partial charge in [-0.1, -0.05) is 42.5 Å². The predicted molar refractivity (Wildman–Crippen MR) is 129 cm³/mol. The van der Waals surface area contributed by atoms with Crippen molar-refractivity contribution in [2.24, 2.45) is 5.92 Å². The van der Waals surface area contributed by atoms with Crippen LogP contribution in [0.4, 0.5) is 10.1 Å². The van der Waals surface area contributed by atoms with Crippen LogP contribution in [0.15, 0.2) is 60.7 Å². The zero-order valence-corrected chi connectivity index (χ0v) is 18.8. The molecule has 170 valence electrons. The fourth-order valence-corrected chi connectivity index (χ4v) is 4.71. The maximum absolute atomic E-state index is 13.0. The molecule has 2 heterocycles. The molecule has 0 unspecified atom stereocenters. The summed E-state index contributed by atoms with van der Waals surface area (Å²) < 4.78 is 13.0. The molecule has 0 N–H and O–H groups in total. The number of carbonyl (C=O) groups is 1. The van der Waals surface area contributed by atoms with Crippen LogP contribution in [0, 0.1) is 11.7 Å². The second kappa shape index (κ2) is 11.3. The lowest BCUT2D eigenvalue weighted by molar-refractivity contribution is -0.131. The van der Waals surface area contributed by atoms with Gasteiger partial charge in [0.1, 0.15) is 5.82 Å². The Morgan fingerprint density at radius 1 is 0.906 bits per heavy atom. The Hall–Kier alpha value is -2.66. The van der Waals surface area contributed by atoms with Crippen molar-refractivity contribution in [3.8, 4) is 0 Å². The number of rotatable bonds is 7. The first kappa shape index (κ1) is 22.5. The van der Waals surface area contributed by atoms with Crippen molar-refractivity contribution in [3.63, 3.8) is 0 Å². The van der Waals surface area contributed by atoms with E-state index in [2.05, 4.69) is 51.1 Å². The monoisotopic (exact) mass is 435 g/mol. The molecule has 2 aliphatic heterocycles. The molecule has 5 heteroatoms. The molecule has 0 saturated carbocycles. The number of likely N-dealkylation sites (tertiary alicyclic amines) is 1. The van der Waals surface area contributed by atoms with E-state index in [4.69, 9.17) is 0 Å². The molecule has 0 radical (unpaired) electrons. The minimum atomic E-state index is -0.197. The SMILES string of the molecule is O=C(CCC1CCN(CC=Cc2ccc(F)cc2)CC1)N1CCN(c2ccccc2)CC1. The second-order valence-electron chi connectivity index (χ2n) is 8.94. The molecule has 0 aromatic heterocycles. The van der Waals surface area contributed by atoms with Crippen molar-refractivity contribution >= 4 is 17.7 Å². The van der Waals surface area contributed by atoms with Gasteiger partial charge in [0.05, 0.1) is 0 Å². The van der Waals surface area contributed by atoms with Crippen LogP contribution < -0.4 is 4.90 Å². The summed E-state index contributed by atoms with van der Waals surface area (Å²) in [5.74, 6) is 0.779. The van der Waals surface area contributed by atoms with E-state index in [0.29, 0.717) is 18.2 Å². The highest BCUT2D eigenvalue weighted by Crippen LogP contribution is 2.23. The van der Waals surface area contributed by atoms with E-state index in [1.54, 1.807) is 12.1 Å². The van der Waals surface area contributed by atoms with Gasteiger partial charge < -0.3 is 9.80 Å². The third kappa shape index (κ3) is 6.42. The third-order valence-electron chi connectivity index (χ3n) is 6.77. The van der Waals surface area contributed by atoms with E-state index in [-0.39, 0.29) is 5.82 Å². The number of benzene rings is 2. The smallest absolute Gasteiger partial charge is 0.222 e. The van der Waals surface area contributed by atoms with Gasteiger partial charge in [-0.25, -0.2) is 4.39 Å². The first-order chi connectivity index (χ1) is 15.7. The number of piperidine rings is 1. The fraction of sp³-hybridized carbons (Fsp3) is 0.444. The van der Waals surface area contributed by atoms with Crippen molar-refractivity contribution in [2.45, 2.75) is 25.7 Å². The number of anilines is 1. The highest BCUT2D eigenvalue weighted by molar-refractivity contribution is 5.76. The number of para-hydroxylation sites is 1. The van der Waals surface area contributed by atoms with Crippen LogP contribution in [-0.2, 0) is 4.79 Å². The summed E-state index contributed by atoms with van der Waals surface area (Å²) in [4.78, 5) is 19.6. The van der Waals surface area contributed by atoms with Crippen LogP contribution in [0.2, 0.25) is 0 Å². The van der Waals surface area contributed by atoms with Gasteiger partial charge in [0.25, 0.3) is 0 Å². The van der Waals surface area contributed by atoms with E-state index in [1.165, 1.54) is 30.7 Å². The summed E-state index contributed by atoms with van der Waals surface area (Å²) in [7, 11) is 0. The molecule has 32 heavy (non-hydrogen) atoms. The molecule has 0 bridgehead atoms. The largest absolute Gasteiger partial charge is 0.368 e. The molecule has 4 nitrogen and oxygen atoms in total. The van der Waals surface area contributed by atoms with Gasteiger partial charge in [0.15, 0.2) is 0 Å². The summed E-state index contributed by atoms with van der Waals surface area (Å²) >= 11 is 0. The minimum Gasteiger partial charge on any atom is -0.368 e. The van der Waals surface area contributed by atoms with Gasteiger partial charge in [0.2, 0.25) is 5.91 Å². The first-order valence-electron chi connectivity index (χ1n) is 11.9. The van der Waals surface area contributed by atoms with Crippen molar-refractivity contribution in [1.29, 1.82) is 0 Å². The van der Waals surface area contributed by atoms with Gasteiger partial charge in [-0.15, -0.1) is 0 Å². The topological polar surface area (TPSA) is 26.8 Å². The Bertz CT molecular complexity index is 868. The van der Waals surface area contributed by atoms with Crippen LogP contribution in [0.5, 0.6) is 0 Å². The Morgan fingerprint density at radius 3 is 2.28 bits per heavy atom. The fourth-order valence-electron chi connectivity index (χ4n) is 4.71. The Balaban J connectivity index is 1.12. The number of halogens is 1. The molecule has 2 aromatic carbocycles. The lowest BCUT2D eigenvalue weighted by atomic mass is 9.92. The van der Waals surface area contributed by atoms with Gasteiger partial charge in [-0.05, 0) is 68.1 Å². The van der Waals surface area contributed by atoms with Crippen LogP contribution in [0.25, 0.3) is 6.08 Å². The van der Waals surface area contributed by atoms with Crippen LogP contribution in [0.3, 0.4) is 0 Å². The maximum Gasteiger partial charge on any atom is 0.222 e. The number of carbonyl (C=O) groups excluding carboxylic acids is 1. The quantitative estimate of drug-likeness (QED) is 0.632. The summed E-state index contributed by atoms with van der Waals surface area (Å²) in [5, 5.41) is 0. The lowest BCUT2D eigenvalue weighted by Crippen LogP contribution is -2.48. The Labute approximate surface area is 191 Å². The summed E-state index contributed by atoms with van der Waals surface area (Å²) in [5.41, 5.74) is 2.28. The molecule has 2 fully saturated rings. The summed E-state index contributed by atoms with van der Waals surface area (Å²) in [6.07, 6.45) is 8.24. The molecule has 0 spiro atoms. The molecule has 2 aromatic rings. The third-order valence-corrected chi connectivity index (χ3v) is 6.77. The van der Waals surface area contributed by atoms with Crippen molar-refractivity contribution < 1.29 is 9.18 Å². The number of hydrogen-bond donors (Lipinski definition) is 0. The Morgan fingerprint density at radius 2 is 1.59 bits per heavy atom. The molecule has 2 aliphatic rings. The van der Waals surface area contributed by atoms with E-state index in [9.17, 15) is 9.18 Å². The van der Waals surface area contributed by atoms with E-state index < -0.39 is 0 Å². The zero-order chi connectivity index (χ0) is 22.2. The van der Waals surface area contributed by atoms with Crippen molar-refractivity contribution in [1.82, 2.24) is 9.80 Å². The molecular formula is C27H34FN3O. The highest BCUT2D eigenvalue weighted by atomic mass is 19.1. The molecule has 0 aliphatic carbocycles. The molecule has 4 rings (SSSR count). The molecule has 1 amide bonds. The first-order valence-corrected chi connectivity index (χ1v) is 11.9. The highest BCUT2D eigenvalue weighted by Gasteiger charge is 2.23. The van der Waals surface area contributed by atoms with E-state index >= 15 is 0 Å². The van der Waals surface area contributed by atoms with Crippen molar-refractivity contribution in [3.05, 3.63) is 72.1 Å². The van der Waals surface area contributed by atoms with Crippen LogP contribution in [-0.4, -0.2) is 61.5 Å². The minimum absolute atomic E-state index is 0.197. The lowest BCUT2D eigenvalue weighted by Gasteiger charge is -2.36. The summed E-state index contributed by atoms with van der Waals surface area (Å²) in [6.45, 7) is 6.58. The van der Waals surface area contributed by atoms with Crippen LogP contribution in [0.1, 0.15) is 31.2 Å². The second-order valence-corrected chi connectivity index (χ2v) is 8.94. The standard InChI is InChI=1S/C27H34FN3O/c28-25-11-8-23(9-12-25)5-4-16-29-17-14-24(15-18-29)10-13-27(32)31-21-19-30(20-22-31)26-6-2-1-3-7-26/h1-9,11-12,24H,10,13-22H2. The van der Waals surface area contributed by atoms with Crippen LogP contribution >= 0.6 is 0 Å². The molecule has 0 atom stereocenters. The van der Waals surface area contributed by atoms with Gasteiger partial charge >= 0.3 is 0 Å². The van der Waals surface area contributed by atoms with E-state index in [1.807, 2.05) is 6.07 Å². The number of hydrogen-bond acceptors (Lipinski definition) is 3. The van der Waals surface area contributed by atoms with Crippen molar-refractivity contribution in [2.75, 3.05) is 50.7 Å². The average Bonchev–Trinajstić information content (AvgIpc) is 2.85. The predicted octanol–water partition coefficient (Wildman–Crippen LogP) is 4.68. The van der Waals surface area contributed by atoms with Gasteiger partial charge in [0, 0.05) is 44.8 Å². The average molecular weight is 436 g/mol. The molecular weight excluding hydrogens is 401 g/mol. The summed E-state index contributed by atoms with van der Waals surface area (Å²) in [6, 6.07) is 17.1. The van der Waals surface area contributed by atoms with Gasteiger partial charge in [-0.3, -0.25) is 9.69 Å². The maximum atomic E-state index is 13.0.